The number of rotatable bonds is 5. The van der Waals surface area contributed by atoms with Gasteiger partial charge in [0.2, 0.25) is 0 Å². The standard InChI is InChI=1S/C11H13NO2S/c1-13-10-5-11(15-8-10)7-12-6-9-3-2-4-14-9/h2-5,8,12H,6-7H2,1H3. The van der Waals surface area contributed by atoms with Crippen LogP contribution in [0.3, 0.4) is 0 Å². The van der Waals surface area contributed by atoms with Crippen molar-refractivity contribution >= 4 is 11.3 Å². The van der Waals surface area contributed by atoms with Crippen LogP contribution in [0.2, 0.25) is 0 Å². The topological polar surface area (TPSA) is 34.4 Å². The first-order chi connectivity index (χ1) is 7.38. The van der Waals surface area contributed by atoms with Crippen LogP contribution in [0.5, 0.6) is 5.75 Å². The third-order valence-electron chi connectivity index (χ3n) is 2.04. The zero-order chi connectivity index (χ0) is 10.5. The minimum Gasteiger partial charge on any atom is -0.496 e. The summed E-state index contributed by atoms with van der Waals surface area (Å²) in [4.78, 5) is 1.26. The molecule has 4 heteroatoms. The first kappa shape index (κ1) is 10.3. The van der Waals surface area contributed by atoms with Gasteiger partial charge in [0, 0.05) is 16.8 Å². The van der Waals surface area contributed by atoms with Gasteiger partial charge in [0.05, 0.1) is 19.9 Å². The van der Waals surface area contributed by atoms with Crippen molar-refractivity contribution in [3.8, 4) is 5.75 Å². The molecule has 0 fully saturated rings. The summed E-state index contributed by atoms with van der Waals surface area (Å²) in [5, 5.41) is 5.31. The second-order valence-electron chi connectivity index (χ2n) is 3.14. The van der Waals surface area contributed by atoms with Crippen LogP contribution in [0.25, 0.3) is 0 Å². The van der Waals surface area contributed by atoms with Gasteiger partial charge in [0.25, 0.3) is 0 Å². The second-order valence-corrected chi connectivity index (χ2v) is 4.13. The van der Waals surface area contributed by atoms with Crippen molar-refractivity contribution in [2.24, 2.45) is 0 Å². The highest BCUT2D eigenvalue weighted by molar-refractivity contribution is 7.10. The predicted molar refractivity (Wildman–Crippen MR) is 60.1 cm³/mol. The van der Waals surface area contributed by atoms with Gasteiger partial charge in [-0.3, -0.25) is 0 Å². The lowest BCUT2D eigenvalue weighted by Gasteiger charge is -1.99. The molecule has 15 heavy (non-hydrogen) atoms. The highest BCUT2D eigenvalue weighted by Gasteiger charge is 2.00. The molecule has 0 aliphatic heterocycles. The van der Waals surface area contributed by atoms with Gasteiger partial charge in [-0.1, -0.05) is 0 Å². The lowest BCUT2D eigenvalue weighted by molar-refractivity contribution is 0.416. The minimum absolute atomic E-state index is 0.757. The Morgan fingerprint density at radius 3 is 3.07 bits per heavy atom. The summed E-state index contributed by atoms with van der Waals surface area (Å²) >= 11 is 1.69. The highest BCUT2D eigenvalue weighted by Crippen LogP contribution is 2.20. The van der Waals surface area contributed by atoms with Crippen molar-refractivity contribution in [3.63, 3.8) is 0 Å². The van der Waals surface area contributed by atoms with Crippen molar-refractivity contribution in [2.75, 3.05) is 7.11 Å². The molecule has 0 aliphatic rings. The summed E-state index contributed by atoms with van der Waals surface area (Å²) in [7, 11) is 1.68. The van der Waals surface area contributed by atoms with E-state index >= 15 is 0 Å². The summed E-state index contributed by atoms with van der Waals surface area (Å²) in [6, 6.07) is 5.90. The van der Waals surface area contributed by atoms with Gasteiger partial charge in [-0.15, -0.1) is 11.3 Å². The van der Waals surface area contributed by atoms with Crippen LogP contribution >= 0.6 is 11.3 Å². The number of ether oxygens (including phenoxy) is 1. The first-order valence-electron chi connectivity index (χ1n) is 4.73. The maximum atomic E-state index is 5.21. The molecular weight excluding hydrogens is 210 g/mol. The number of methoxy groups -OCH3 is 1. The number of hydrogen-bond acceptors (Lipinski definition) is 4. The fourth-order valence-electron chi connectivity index (χ4n) is 1.28. The van der Waals surface area contributed by atoms with Gasteiger partial charge in [0.15, 0.2) is 0 Å². The monoisotopic (exact) mass is 223 g/mol. The largest absolute Gasteiger partial charge is 0.496 e. The Bertz CT molecular complexity index is 394. The molecule has 2 aromatic rings. The number of furan rings is 1. The third kappa shape index (κ3) is 2.84. The van der Waals surface area contributed by atoms with Crippen LogP contribution in [-0.4, -0.2) is 7.11 Å². The Labute approximate surface area is 92.7 Å². The van der Waals surface area contributed by atoms with Crippen molar-refractivity contribution in [3.05, 3.63) is 40.5 Å². The Morgan fingerprint density at radius 1 is 1.47 bits per heavy atom. The molecular formula is C11H13NO2S. The number of nitrogens with one attached hydrogen (secondary N) is 1. The Hall–Kier alpha value is -1.26. The maximum Gasteiger partial charge on any atom is 0.129 e. The van der Waals surface area contributed by atoms with Crippen LogP contribution in [0.4, 0.5) is 0 Å². The van der Waals surface area contributed by atoms with E-state index in [1.807, 2.05) is 23.6 Å². The molecule has 0 atom stereocenters. The zero-order valence-electron chi connectivity index (χ0n) is 8.53. The van der Waals surface area contributed by atoms with Crippen molar-refractivity contribution in [2.45, 2.75) is 13.1 Å². The summed E-state index contributed by atoms with van der Waals surface area (Å²) in [5.41, 5.74) is 0. The fourth-order valence-corrected chi connectivity index (χ4v) is 2.08. The van der Waals surface area contributed by atoms with Gasteiger partial charge < -0.3 is 14.5 Å². The van der Waals surface area contributed by atoms with E-state index in [0.29, 0.717) is 0 Å². The SMILES string of the molecule is COc1csc(CNCc2ccco2)c1. The summed E-state index contributed by atoms with van der Waals surface area (Å²) in [6.45, 7) is 1.60. The van der Waals surface area contributed by atoms with Crippen LogP contribution in [0.15, 0.2) is 34.3 Å². The minimum atomic E-state index is 0.757. The summed E-state index contributed by atoms with van der Waals surface area (Å²) < 4.78 is 10.3. The average molecular weight is 223 g/mol. The van der Waals surface area contributed by atoms with Gasteiger partial charge in [0.1, 0.15) is 11.5 Å². The molecule has 0 bridgehead atoms. The lowest BCUT2D eigenvalue weighted by atomic mass is 10.4. The van der Waals surface area contributed by atoms with Crippen molar-refractivity contribution in [1.82, 2.24) is 5.32 Å². The molecule has 0 unspecified atom stereocenters. The third-order valence-corrected chi connectivity index (χ3v) is 2.96. The fraction of sp³-hybridized carbons (Fsp3) is 0.273. The van der Waals surface area contributed by atoms with Crippen LogP contribution in [0, 0.1) is 0 Å². The van der Waals surface area contributed by atoms with E-state index in [1.165, 1.54) is 4.88 Å². The molecule has 2 aromatic heterocycles. The summed E-state index contributed by atoms with van der Waals surface area (Å²) in [5.74, 6) is 1.88. The molecule has 0 spiro atoms. The Morgan fingerprint density at radius 2 is 2.40 bits per heavy atom. The molecule has 0 aliphatic carbocycles. The van der Waals surface area contributed by atoms with Crippen LogP contribution < -0.4 is 10.1 Å². The van der Waals surface area contributed by atoms with Crippen molar-refractivity contribution < 1.29 is 9.15 Å². The molecule has 0 amide bonds. The molecule has 0 saturated carbocycles. The molecule has 0 saturated heterocycles. The molecule has 2 rings (SSSR count). The van der Waals surface area contributed by atoms with E-state index in [9.17, 15) is 0 Å². The Balaban J connectivity index is 1.78. The molecule has 0 radical (unpaired) electrons. The molecule has 3 nitrogen and oxygen atoms in total. The van der Waals surface area contributed by atoms with Gasteiger partial charge in [-0.05, 0) is 18.2 Å². The van der Waals surface area contributed by atoms with E-state index < -0.39 is 0 Å². The molecule has 80 valence electrons. The summed E-state index contributed by atoms with van der Waals surface area (Å²) in [6.07, 6.45) is 1.69. The van der Waals surface area contributed by atoms with E-state index in [-0.39, 0.29) is 0 Å². The Kier molecular flexibility index (Phi) is 3.42. The maximum absolute atomic E-state index is 5.21. The zero-order valence-corrected chi connectivity index (χ0v) is 9.34. The van der Waals surface area contributed by atoms with Crippen molar-refractivity contribution in [1.29, 1.82) is 0 Å². The van der Waals surface area contributed by atoms with E-state index in [2.05, 4.69) is 5.32 Å². The quantitative estimate of drug-likeness (QED) is 0.846. The van der Waals surface area contributed by atoms with E-state index in [0.717, 1.165) is 24.6 Å². The first-order valence-corrected chi connectivity index (χ1v) is 5.61. The number of hydrogen-bond donors (Lipinski definition) is 1. The predicted octanol–water partition coefficient (Wildman–Crippen LogP) is 2.64. The molecule has 0 aromatic carbocycles. The van der Waals surface area contributed by atoms with Crippen LogP contribution in [-0.2, 0) is 13.1 Å². The second kappa shape index (κ2) is 5.00. The van der Waals surface area contributed by atoms with E-state index in [1.54, 1.807) is 24.7 Å². The van der Waals surface area contributed by atoms with Gasteiger partial charge in [-0.2, -0.15) is 0 Å². The normalized spacial score (nSPS) is 10.5. The average Bonchev–Trinajstić information content (AvgIpc) is 2.88. The molecule has 2 heterocycles. The van der Waals surface area contributed by atoms with Crippen LogP contribution in [0.1, 0.15) is 10.6 Å². The number of thiophene rings is 1. The van der Waals surface area contributed by atoms with Gasteiger partial charge >= 0.3 is 0 Å². The van der Waals surface area contributed by atoms with Gasteiger partial charge in [-0.25, -0.2) is 0 Å². The van der Waals surface area contributed by atoms with E-state index in [4.69, 9.17) is 9.15 Å². The smallest absolute Gasteiger partial charge is 0.129 e. The highest BCUT2D eigenvalue weighted by atomic mass is 32.1. The molecule has 1 N–H and O–H groups in total. The lowest BCUT2D eigenvalue weighted by Crippen LogP contribution is -2.10.